The normalized spacial score (nSPS) is 23.7. The molecule has 1 N–H and O–H groups in total. The number of aromatic nitrogens is 2. The van der Waals surface area contributed by atoms with Crippen LogP contribution in [0.1, 0.15) is 72.1 Å². The Morgan fingerprint density at radius 2 is 2.00 bits per heavy atom. The molecular formula is C20H23F2N3O. The van der Waals surface area contributed by atoms with Crippen LogP contribution >= 0.6 is 0 Å². The summed E-state index contributed by atoms with van der Waals surface area (Å²) in [5, 5.41) is 6.61. The molecule has 1 fully saturated rings. The minimum Gasteiger partial charge on any atom is -0.322 e. The van der Waals surface area contributed by atoms with Crippen molar-refractivity contribution in [1.29, 1.82) is 0 Å². The Labute approximate surface area is 151 Å². The number of carbonyl (C=O) groups is 1. The number of benzene rings is 1. The first-order chi connectivity index (χ1) is 12.4. The van der Waals surface area contributed by atoms with Crippen LogP contribution in [-0.2, 0) is 7.05 Å². The molecule has 1 amide bonds. The van der Waals surface area contributed by atoms with Crippen molar-refractivity contribution in [2.45, 2.75) is 45.0 Å². The second-order valence-electron chi connectivity index (χ2n) is 7.78. The molecule has 2 aliphatic carbocycles. The van der Waals surface area contributed by atoms with Gasteiger partial charge in [-0.2, -0.15) is 5.10 Å². The van der Waals surface area contributed by atoms with E-state index < -0.39 is 18.0 Å². The van der Waals surface area contributed by atoms with Gasteiger partial charge in [0, 0.05) is 18.9 Å². The molecule has 2 bridgehead atoms. The number of amides is 1. The highest BCUT2D eigenvalue weighted by Gasteiger charge is 2.48. The Morgan fingerprint density at radius 3 is 2.69 bits per heavy atom. The van der Waals surface area contributed by atoms with E-state index in [1.54, 1.807) is 0 Å². The fourth-order valence-electron chi connectivity index (χ4n) is 5.11. The summed E-state index contributed by atoms with van der Waals surface area (Å²) in [7, 11) is 1.54. The van der Waals surface area contributed by atoms with Crippen LogP contribution in [0.4, 0.5) is 14.5 Å². The van der Waals surface area contributed by atoms with E-state index in [1.807, 2.05) is 12.1 Å². The van der Waals surface area contributed by atoms with Crippen molar-refractivity contribution in [2.75, 3.05) is 5.32 Å². The lowest BCUT2D eigenvalue weighted by molar-refractivity contribution is 0.101. The highest BCUT2D eigenvalue weighted by Crippen LogP contribution is 2.61. The first-order valence-electron chi connectivity index (χ1n) is 9.14. The predicted octanol–water partition coefficient (Wildman–Crippen LogP) is 4.86. The number of nitrogens with one attached hydrogen (secondary N) is 1. The fourth-order valence-corrected chi connectivity index (χ4v) is 5.11. The van der Waals surface area contributed by atoms with E-state index in [9.17, 15) is 13.6 Å². The Morgan fingerprint density at radius 1 is 1.27 bits per heavy atom. The van der Waals surface area contributed by atoms with E-state index in [0.717, 1.165) is 12.1 Å². The summed E-state index contributed by atoms with van der Waals surface area (Å²) in [6.07, 6.45) is 0.890. The molecule has 2 unspecified atom stereocenters. The third-order valence-electron chi connectivity index (χ3n) is 5.95. The Hall–Kier alpha value is -2.24. The third-order valence-corrected chi connectivity index (χ3v) is 5.95. The first kappa shape index (κ1) is 17.2. The average Bonchev–Trinajstić information content (AvgIpc) is 3.26. The van der Waals surface area contributed by atoms with Crippen LogP contribution in [0.3, 0.4) is 0 Å². The number of fused-ring (bicyclic) bond motifs is 5. The Bertz CT molecular complexity index is 859. The van der Waals surface area contributed by atoms with Gasteiger partial charge in [0.25, 0.3) is 12.3 Å². The Balaban J connectivity index is 1.67. The first-order valence-corrected chi connectivity index (χ1v) is 9.14. The number of hydrogen-bond acceptors (Lipinski definition) is 2. The van der Waals surface area contributed by atoms with Crippen molar-refractivity contribution >= 4 is 11.6 Å². The molecule has 0 saturated heterocycles. The quantitative estimate of drug-likeness (QED) is 0.848. The summed E-state index contributed by atoms with van der Waals surface area (Å²) >= 11 is 0. The van der Waals surface area contributed by atoms with Crippen LogP contribution in [-0.4, -0.2) is 15.7 Å². The number of carbonyl (C=O) groups excluding carboxylic acids is 1. The summed E-state index contributed by atoms with van der Waals surface area (Å²) in [5.41, 5.74) is 2.74. The minimum absolute atomic E-state index is 0.0660. The van der Waals surface area contributed by atoms with Gasteiger partial charge >= 0.3 is 0 Å². The summed E-state index contributed by atoms with van der Waals surface area (Å²) < 4.78 is 27.6. The fraction of sp³-hybridized carbons (Fsp3) is 0.500. The van der Waals surface area contributed by atoms with E-state index in [2.05, 4.69) is 30.3 Å². The summed E-state index contributed by atoms with van der Waals surface area (Å²) in [5.74, 6) is 1.63. The monoisotopic (exact) mass is 359 g/mol. The molecule has 0 spiro atoms. The molecule has 2 aliphatic rings. The zero-order valence-electron chi connectivity index (χ0n) is 15.2. The van der Waals surface area contributed by atoms with Gasteiger partial charge in [0.05, 0.1) is 5.56 Å². The molecule has 0 radical (unpaired) electrons. The topological polar surface area (TPSA) is 46.9 Å². The molecule has 138 valence electrons. The molecule has 4 nitrogen and oxygen atoms in total. The van der Waals surface area contributed by atoms with Crippen LogP contribution in [0.5, 0.6) is 0 Å². The maximum Gasteiger partial charge on any atom is 0.282 e. The average molecular weight is 359 g/mol. The highest BCUT2D eigenvalue weighted by molar-refractivity contribution is 6.05. The molecule has 4 rings (SSSR count). The van der Waals surface area contributed by atoms with Crippen molar-refractivity contribution in [2.24, 2.45) is 18.9 Å². The molecule has 0 aliphatic heterocycles. The minimum atomic E-state index is -2.78. The van der Waals surface area contributed by atoms with Crippen molar-refractivity contribution in [3.05, 3.63) is 46.8 Å². The lowest BCUT2D eigenvalue weighted by Crippen LogP contribution is -2.16. The SMILES string of the molecule is CC(C)[C@H]1C2CCC1c1c(NC(=O)c3cn(C)nc3C(F)F)cccc12. The predicted molar refractivity (Wildman–Crippen MR) is 95.6 cm³/mol. The van der Waals surface area contributed by atoms with E-state index in [4.69, 9.17) is 0 Å². The van der Waals surface area contributed by atoms with E-state index in [0.29, 0.717) is 23.7 Å². The largest absolute Gasteiger partial charge is 0.322 e. The second kappa shape index (κ2) is 6.18. The number of anilines is 1. The Kier molecular flexibility index (Phi) is 4.09. The smallest absolute Gasteiger partial charge is 0.282 e. The maximum absolute atomic E-state index is 13.2. The number of alkyl halides is 2. The van der Waals surface area contributed by atoms with Crippen molar-refractivity contribution in [3.63, 3.8) is 0 Å². The van der Waals surface area contributed by atoms with Crippen LogP contribution < -0.4 is 5.32 Å². The number of halogens is 2. The van der Waals surface area contributed by atoms with Gasteiger partial charge in [-0.05, 0) is 53.7 Å². The van der Waals surface area contributed by atoms with Crippen LogP contribution in [0, 0.1) is 11.8 Å². The third kappa shape index (κ3) is 2.54. The van der Waals surface area contributed by atoms with Gasteiger partial charge in [-0.3, -0.25) is 9.48 Å². The lowest BCUT2D eigenvalue weighted by Gasteiger charge is -2.21. The molecule has 2 aromatic rings. The summed E-state index contributed by atoms with van der Waals surface area (Å²) in [6, 6.07) is 5.98. The van der Waals surface area contributed by atoms with Crippen LogP contribution in [0.15, 0.2) is 24.4 Å². The van der Waals surface area contributed by atoms with Crippen molar-refractivity contribution in [1.82, 2.24) is 9.78 Å². The summed E-state index contributed by atoms with van der Waals surface area (Å²) in [6.45, 7) is 4.51. The molecule has 1 heterocycles. The zero-order chi connectivity index (χ0) is 18.6. The molecule has 6 heteroatoms. The van der Waals surface area contributed by atoms with Gasteiger partial charge in [0.2, 0.25) is 0 Å². The van der Waals surface area contributed by atoms with Crippen molar-refractivity contribution < 1.29 is 13.6 Å². The standard InChI is InChI=1S/C20H23F2N3O/c1-10(2)16-12-7-8-13(16)17-11(12)5-4-6-15(17)23-20(26)14-9-25(3)24-18(14)19(21)22/h4-6,9-10,12-13,16,19H,7-8H2,1-3H3,(H,23,26)/t12?,13?,16-/m0/s1. The molecular weight excluding hydrogens is 336 g/mol. The summed E-state index contributed by atoms with van der Waals surface area (Å²) in [4.78, 5) is 12.7. The van der Waals surface area contributed by atoms with Gasteiger partial charge in [0.15, 0.2) is 0 Å². The lowest BCUT2D eigenvalue weighted by atomic mass is 9.85. The van der Waals surface area contributed by atoms with E-state index in [1.165, 1.54) is 35.5 Å². The highest BCUT2D eigenvalue weighted by atomic mass is 19.3. The number of aryl methyl sites for hydroxylation is 1. The molecule has 1 saturated carbocycles. The molecule has 3 atom stereocenters. The number of hydrogen-bond donors (Lipinski definition) is 1. The number of rotatable bonds is 4. The molecule has 1 aromatic heterocycles. The second-order valence-corrected chi connectivity index (χ2v) is 7.78. The number of nitrogens with zero attached hydrogens (tertiary/aromatic N) is 2. The van der Waals surface area contributed by atoms with Gasteiger partial charge < -0.3 is 5.32 Å². The van der Waals surface area contributed by atoms with Gasteiger partial charge in [-0.15, -0.1) is 0 Å². The van der Waals surface area contributed by atoms with Gasteiger partial charge in [0.1, 0.15) is 5.69 Å². The molecule has 26 heavy (non-hydrogen) atoms. The van der Waals surface area contributed by atoms with Gasteiger partial charge in [-0.25, -0.2) is 8.78 Å². The van der Waals surface area contributed by atoms with Crippen molar-refractivity contribution in [3.8, 4) is 0 Å². The van der Waals surface area contributed by atoms with E-state index >= 15 is 0 Å². The van der Waals surface area contributed by atoms with E-state index in [-0.39, 0.29) is 5.56 Å². The van der Waals surface area contributed by atoms with Crippen LogP contribution in [0.2, 0.25) is 0 Å². The van der Waals surface area contributed by atoms with Crippen LogP contribution in [0.25, 0.3) is 0 Å². The maximum atomic E-state index is 13.2. The van der Waals surface area contributed by atoms with Gasteiger partial charge in [-0.1, -0.05) is 26.0 Å². The zero-order valence-corrected chi connectivity index (χ0v) is 15.2. The molecule has 1 aromatic carbocycles.